The maximum atomic E-state index is 11.0. The van der Waals surface area contributed by atoms with Crippen LogP contribution in [0, 0.1) is 0 Å². The van der Waals surface area contributed by atoms with Crippen LogP contribution in [0.3, 0.4) is 0 Å². The molecule has 0 bridgehead atoms. The quantitative estimate of drug-likeness (QED) is 0.398. The van der Waals surface area contributed by atoms with Gasteiger partial charge in [-0.25, -0.2) is 4.57 Å². The van der Waals surface area contributed by atoms with Gasteiger partial charge in [0.1, 0.15) is 6.10 Å². The second-order valence-electron chi connectivity index (χ2n) is 2.65. The zero-order valence-corrected chi connectivity index (χ0v) is 7.70. The van der Waals surface area contributed by atoms with Gasteiger partial charge < -0.3 is 24.7 Å². The van der Waals surface area contributed by atoms with E-state index in [9.17, 15) is 9.36 Å². The monoisotopic (exact) mass is 228 g/mol. The number of aliphatic hydroxyl groups is 2. The van der Waals surface area contributed by atoms with E-state index in [4.69, 9.17) is 20.0 Å². The molecule has 1 rings (SSSR count). The Kier molecular flexibility index (Phi) is 3.38. The summed E-state index contributed by atoms with van der Waals surface area (Å²) in [6.45, 7) is -0.711. The van der Waals surface area contributed by atoms with Crippen molar-refractivity contribution in [3.05, 3.63) is 0 Å². The van der Waals surface area contributed by atoms with Crippen molar-refractivity contribution in [3.8, 4) is 0 Å². The van der Waals surface area contributed by atoms with E-state index < -0.39 is 38.7 Å². The third-order valence-corrected chi connectivity index (χ3v) is 2.06. The molecule has 0 aromatic heterocycles. The molecular formula is C5H9O8P. The fourth-order valence-electron chi connectivity index (χ4n) is 0.927. The van der Waals surface area contributed by atoms with Crippen LogP contribution in [0.4, 0.5) is 0 Å². The number of Topliss-reactive ketones (excluding diaryl/α,β-unsaturated/α-hetero) is 1. The number of phosphoric acid groups is 1. The first-order valence-electron chi connectivity index (χ1n) is 3.56. The Morgan fingerprint density at radius 1 is 1.43 bits per heavy atom. The molecule has 4 N–H and O–H groups in total. The average molecular weight is 228 g/mol. The van der Waals surface area contributed by atoms with Crippen LogP contribution in [0.25, 0.3) is 0 Å². The molecule has 0 unspecified atom stereocenters. The number of ether oxygens (including phenoxy) is 1. The number of hydrogen-bond acceptors (Lipinski definition) is 6. The van der Waals surface area contributed by atoms with Gasteiger partial charge in [-0.05, 0) is 0 Å². The number of carbonyl (C=O) groups is 1. The standard InChI is InChI=1S/C5H9O8P/c6-3-2(1-12-14(9,10)11)13-5(8)4(3)7/h2,4-5,7-8H,1H2,(H2,9,10,11)/t2-,4+,5-/m1/s1. The van der Waals surface area contributed by atoms with Gasteiger partial charge in [0, 0.05) is 0 Å². The minimum absolute atomic E-state index is 0.711. The Morgan fingerprint density at radius 2 is 2.00 bits per heavy atom. The van der Waals surface area contributed by atoms with Crippen LogP contribution < -0.4 is 0 Å². The molecule has 0 amide bonds. The first-order valence-corrected chi connectivity index (χ1v) is 5.09. The van der Waals surface area contributed by atoms with Crippen molar-refractivity contribution < 1.29 is 38.6 Å². The molecule has 1 aliphatic rings. The van der Waals surface area contributed by atoms with Crippen LogP contribution in [-0.2, 0) is 18.6 Å². The predicted molar refractivity (Wildman–Crippen MR) is 39.9 cm³/mol. The van der Waals surface area contributed by atoms with Gasteiger partial charge in [0.05, 0.1) is 6.61 Å². The minimum atomic E-state index is -4.68. The predicted octanol–water partition coefficient (Wildman–Crippen LogP) is -2.26. The molecule has 1 fully saturated rings. The molecule has 8 nitrogen and oxygen atoms in total. The minimum Gasteiger partial charge on any atom is -0.380 e. The molecule has 0 aromatic carbocycles. The van der Waals surface area contributed by atoms with Crippen molar-refractivity contribution in [1.29, 1.82) is 0 Å². The van der Waals surface area contributed by atoms with Gasteiger partial charge in [0.25, 0.3) is 0 Å². The molecule has 9 heteroatoms. The number of phosphoric ester groups is 1. The number of hydrogen-bond donors (Lipinski definition) is 4. The van der Waals surface area contributed by atoms with E-state index in [0.29, 0.717) is 0 Å². The van der Waals surface area contributed by atoms with Gasteiger partial charge in [-0.1, -0.05) is 0 Å². The molecule has 1 aliphatic heterocycles. The van der Waals surface area contributed by atoms with Crippen molar-refractivity contribution in [2.24, 2.45) is 0 Å². The maximum absolute atomic E-state index is 11.0. The van der Waals surface area contributed by atoms with Gasteiger partial charge in [0.2, 0.25) is 0 Å². The van der Waals surface area contributed by atoms with Crippen molar-refractivity contribution in [3.63, 3.8) is 0 Å². The van der Waals surface area contributed by atoms with E-state index in [1.807, 2.05) is 0 Å². The SMILES string of the molecule is O=C1[C@@H](COP(=O)(O)O)O[C@@H](O)[C@H]1O. The van der Waals surface area contributed by atoms with Gasteiger partial charge in [-0.3, -0.25) is 9.32 Å². The third-order valence-electron chi connectivity index (χ3n) is 1.58. The van der Waals surface area contributed by atoms with Crippen molar-refractivity contribution in [2.45, 2.75) is 18.5 Å². The molecule has 82 valence electrons. The van der Waals surface area contributed by atoms with E-state index in [1.54, 1.807) is 0 Å². The second-order valence-corrected chi connectivity index (χ2v) is 3.89. The first kappa shape index (κ1) is 11.7. The number of rotatable bonds is 3. The van der Waals surface area contributed by atoms with E-state index in [2.05, 4.69) is 9.26 Å². The summed E-state index contributed by atoms with van der Waals surface area (Å²) in [5.41, 5.74) is 0. The Bertz CT molecular complexity index is 271. The van der Waals surface area contributed by atoms with E-state index in [-0.39, 0.29) is 0 Å². The summed E-state index contributed by atoms with van der Waals surface area (Å²) < 4.78 is 18.7. The van der Waals surface area contributed by atoms with Crippen LogP contribution in [0.5, 0.6) is 0 Å². The molecule has 1 heterocycles. The highest BCUT2D eigenvalue weighted by atomic mass is 31.2. The van der Waals surface area contributed by atoms with Gasteiger partial charge in [0.15, 0.2) is 18.2 Å². The molecule has 0 saturated carbocycles. The number of carbonyl (C=O) groups excluding carboxylic acids is 1. The maximum Gasteiger partial charge on any atom is 0.469 e. The van der Waals surface area contributed by atoms with Crippen LogP contribution in [0.1, 0.15) is 0 Å². The van der Waals surface area contributed by atoms with Crippen LogP contribution in [0.2, 0.25) is 0 Å². The van der Waals surface area contributed by atoms with E-state index in [1.165, 1.54) is 0 Å². The van der Waals surface area contributed by atoms with E-state index in [0.717, 1.165) is 0 Å². The van der Waals surface area contributed by atoms with Crippen LogP contribution >= 0.6 is 7.82 Å². The highest BCUT2D eigenvalue weighted by Gasteiger charge is 2.42. The third kappa shape index (κ3) is 2.82. The summed E-state index contributed by atoms with van der Waals surface area (Å²) in [4.78, 5) is 27.6. The van der Waals surface area contributed by atoms with Gasteiger partial charge >= 0.3 is 7.82 Å². The Labute approximate surface area is 78.3 Å². The Morgan fingerprint density at radius 3 is 2.36 bits per heavy atom. The summed E-state index contributed by atoms with van der Waals surface area (Å²) in [7, 11) is -4.68. The summed E-state index contributed by atoms with van der Waals surface area (Å²) in [5, 5.41) is 17.7. The topological polar surface area (TPSA) is 134 Å². The molecule has 0 radical (unpaired) electrons. The zero-order chi connectivity index (χ0) is 10.9. The lowest BCUT2D eigenvalue weighted by Gasteiger charge is -2.09. The molecule has 0 aliphatic carbocycles. The zero-order valence-electron chi connectivity index (χ0n) is 6.81. The summed E-state index contributed by atoms with van der Waals surface area (Å²) in [6.07, 6.45) is -4.72. The van der Waals surface area contributed by atoms with Crippen molar-refractivity contribution in [2.75, 3.05) is 6.61 Å². The highest BCUT2D eigenvalue weighted by molar-refractivity contribution is 7.46. The summed E-state index contributed by atoms with van der Waals surface area (Å²) in [6, 6.07) is 0. The molecule has 14 heavy (non-hydrogen) atoms. The molecule has 0 spiro atoms. The molecule has 0 aromatic rings. The van der Waals surface area contributed by atoms with Crippen molar-refractivity contribution >= 4 is 13.6 Å². The first-order chi connectivity index (χ1) is 6.31. The van der Waals surface area contributed by atoms with E-state index >= 15 is 0 Å². The number of ketones is 1. The summed E-state index contributed by atoms with van der Waals surface area (Å²) in [5.74, 6) is -0.869. The lowest BCUT2D eigenvalue weighted by atomic mass is 10.2. The normalized spacial score (nSPS) is 33.7. The molecular weight excluding hydrogens is 219 g/mol. The Hall–Kier alpha value is -0.340. The average Bonchev–Trinajstić information content (AvgIpc) is 2.28. The smallest absolute Gasteiger partial charge is 0.380 e. The fourth-order valence-corrected chi connectivity index (χ4v) is 1.26. The Balaban J connectivity index is 2.48. The second kappa shape index (κ2) is 4.03. The lowest BCUT2D eigenvalue weighted by Crippen LogP contribution is -2.28. The van der Waals surface area contributed by atoms with Gasteiger partial charge in [-0.15, -0.1) is 0 Å². The molecule has 1 saturated heterocycles. The van der Waals surface area contributed by atoms with Crippen LogP contribution in [0.15, 0.2) is 0 Å². The largest absolute Gasteiger partial charge is 0.469 e. The lowest BCUT2D eigenvalue weighted by molar-refractivity contribution is -0.132. The van der Waals surface area contributed by atoms with Crippen molar-refractivity contribution in [1.82, 2.24) is 0 Å². The van der Waals surface area contributed by atoms with Crippen LogP contribution in [-0.4, -0.2) is 50.9 Å². The molecule has 3 atom stereocenters. The number of aliphatic hydroxyl groups excluding tert-OH is 2. The van der Waals surface area contributed by atoms with Gasteiger partial charge in [-0.2, -0.15) is 0 Å². The highest BCUT2D eigenvalue weighted by Crippen LogP contribution is 2.36. The fraction of sp³-hybridized carbons (Fsp3) is 0.800. The summed E-state index contributed by atoms with van der Waals surface area (Å²) >= 11 is 0.